The van der Waals surface area contributed by atoms with Gasteiger partial charge in [-0.05, 0) is 60.2 Å². The van der Waals surface area contributed by atoms with Crippen LogP contribution in [0.5, 0.6) is 11.6 Å². The number of aromatic nitrogens is 3. The van der Waals surface area contributed by atoms with Crippen molar-refractivity contribution in [3.63, 3.8) is 0 Å². The molecule has 0 spiro atoms. The number of pyridine rings is 1. The van der Waals surface area contributed by atoms with Crippen molar-refractivity contribution < 1.29 is 36.9 Å². The van der Waals surface area contributed by atoms with Gasteiger partial charge in [0.2, 0.25) is 0 Å². The summed E-state index contributed by atoms with van der Waals surface area (Å²) in [6.07, 6.45) is -0.0461. The maximum atomic E-state index is 15.5. The van der Waals surface area contributed by atoms with Gasteiger partial charge in [0, 0.05) is 31.2 Å². The van der Waals surface area contributed by atoms with Crippen LogP contribution in [-0.2, 0) is 29.0 Å². The third-order valence-electron chi connectivity index (χ3n) is 7.12. The van der Waals surface area contributed by atoms with Gasteiger partial charge >= 0.3 is 5.97 Å². The Hall–Kier alpha value is -5.41. The van der Waals surface area contributed by atoms with Crippen LogP contribution in [0.15, 0.2) is 60.7 Å². The molecule has 12 heteroatoms. The molecule has 0 atom stereocenters. The first-order valence-electron chi connectivity index (χ1n) is 13.7. The van der Waals surface area contributed by atoms with Gasteiger partial charge in [0.05, 0.1) is 54.7 Å². The number of esters is 1. The largest absolute Gasteiger partial charge is 0.491 e. The van der Waals surface area contributed by atoms with E-state index in [1.807, 2.05) is 6.07 Å². The van der Waals surface area contributed by atoms with Gasteiger partial charge in [-0.15, -0.1) is 0 Å². The molecule has 0 aliphatic carbocycles. The molecular formula is C33H27F3N4O5. The van der Waals surface area contributed by atoms with Gasteiger partial charge in [-0.25, -0.2) is 27.9 Å². The molecule has 0 aliphatic heterocycles. The second-order valence-corrected chi connectivity index (χ2v) is 9.88. The van der Waals surface area contributed by atoms with E-state index in [-0.39, 0.29) is 52.6 Å². The van der Waals surface area contributed by atoms with Gasteiger partial charge in [0.1, 0.15) is 29.9 Å². The number of halogens is 3. The highest BCUT2D eigenvalue weighted by molar-refractivity contribution is 5.93. The van der Waals surface area contributed by atoms with Crippen LogP contribution in [0.4, 0.5) is 13.2 Å². The van der Waals surface area contributed by atoms with E-state index in [2.05, 4.69) is 9.97 Å². The molecule has 45 heavy (non-hydrogen) atoms. The minimum Gasteiger partial charge on any atom is -0.491 e. The summed E-state index contributed by atoms with van der Waals surface area (Å²) in [6, 6.07) is 15.8. The summed E-state index contributed by atoms with van der Waals surface area (Å²) in [5.74, 6) is -1.97. The summed E-state index contributed by atoms with van der Waals surface area (Å²) in [6.45, 7) is 0.438. The Balaban J connectivity index is 1.44. The Morgan fingerprint density at radius 3 is 2.42 bits per heavy atom. The summed E-state index contributed by atoms with van der Waals surface area (Å²) in [5.41, 5.74) is 1.85. The van der Waals surface area contributed by atoms with Crippen LogP contribution in [0.1, 0.15) is 32.9 Å². The first-order valence-corrected chi connectivity index (χ1v) is 13.7. The first kappa shape index (κ1) is 31.0. The Kier molecular flexibility index (Phi) is 9.30. The molecule has 3 aromatic carbocycles. The highest BCUT2D eigenvalue weighted by Crippen LogP contribution is 2.32. The Bertz CT molecular complexity index is 1940. The van der Waals surface area contributed by atoms with E-state index in [4.69, 9.17) is 24.2 Å². The highest BCUT2D eigenvalue weighted by Gasteiger charge is 2.20. The maximum Gasteiger partial charge on any atom is 0.337 e. The zero-order chi connectivity index (χ0) is 32.1. The van der Waals surface area contributed by atoms with Crippen molar-refractivity contribution in [2.24, 2.45) is 0 Å². The van der Waals surface area contributed by atoms with Crippen molar-refractivity contribution in [1.82, 2.24) is 14.5 Å². The molecule has 0 radical (unpaired) electrons. The maximum absolute atomic E-state index is 15.5. The number of carbonyl (C=O) groups excluding carboxylic acids is 1. The van der Waals surface area contributed by atoms with Gasteiger partial charge in [-0.2, -0.15) is 5.26 Å². The predicted molar refractivity (Wildman–Crippen MR) is 157 cm³/mol. The van der Waals surface area contributed by atoms with Crippen LogP contribution < -0.4 is 9.47 Å². The number of fused-ring (bicyclic) bond motifs is 1. The number of hydrogen-bond donors (Lipinski definition) is 0. The third kappa shape index (κ3) is 6.58. The lowest BCUT2D eigenvalue weighted by Crippen LogP contribution is -2.10. The molecule has 0 amide bonds. The summed E-state index contributed by atoms with van der Waals surface area (Å²) < 4.78 is 68.3. The fourth-order valence-corrected chi connectivity index (χ4v) is 4.79. The minimum absolute atomic E-state index is 0.0461. The molecule has 0 N–H and O–H groups in total. The zero-order valence-corrected chi connectivity index (χ0v) is 24.6. The lowest BCUT2D eigenvalue weighted by molar-refractivity contribution is 0.0601. The summed E-state index contributed by atoms with van der Waals surface area (Å²) in [5, 5.41) is 8.95. The average Bonchev–Trinajstić information content (AvgIpc) is 3.39. The van der Waals surface area contributed by atoms with Gasteiger partial charge in [-0.1, -0.05) is 6.07 Å². The Morgan fingerprint density at radius 2 is 1.71 bits per heavy atom. The van der Waals surface area contributed by atoms with Crippen molar-refractivity contribution in [2.75, 3.05) is 27.9 Å². The molecule has 0 unspecified atom stereocenters. The van der Waals surface area contributed by atoms with E-state index in [9.17, 15) is 9.18 Å². The smallest absolute Gasteiger partial charge is 0.337 e. The number of nitriles is 1. The number of ether oxygens (including phenoxy) is 4. The molecule has 0 saturated heterocycles. The van der Waals surface area contributed by atoms with Crippen molar-refractivity contribution in [3.05, 3.63) is 106 Å². The molecule has 2 aromatic heterocycles. The van der Waals surface area contributed by atoms with E-state index in [0.29, 0.717) is 35.6 Å². The fourth-order valence-electron chi connectivity index (χ4n) is 4.79. The van der Waals surface area contributed by atoms with Gasteiger partial charge in [0.15, 0.2) is 5.75 Å². The van der Waals surface area contributed by atoms with E-state index in [1.165, 1.54) is 38.5 Å². The van der Waals surface area contributed by atoms with Crippen molar-refractivity contribution >= 4 is 17.0 Å². The molecule has 0 bridgehead atoms. The number of benzene rings is 3. The van der Waals surface area contributed by atoms with E-state index >= 15 is 8.78 Å². The van der Waals surface area contributed by atoms with E-state index < -0.39 is 23.4 Å². The third-order valence-corrected chi connectivity index (χ3v) is 7.12. The second-order valence-electron chi connectivity index (χ2n) is 9.88. The molecule has 0 saturated carbocycles. The van der Waals surface area contributed by atoms with E-state index in [1.54, 1.807) is 29.9 Å². The molecule has 5 rings (SSSR count). The summed E-state index contributed by atoms with van der Waals surface area (Å²) in [7, 11) is 4.22. The minimum atomic E-state index is -0.735. The van der Waals surface area contributed by atoms with Crippen LogP contribution in [0.3, 0.4) is 0 Å². The molecule has 9 nitrogen and oxygen atoms in total. The Labute approximate surface area is 256 Å². The van der Waals surface area contributed by atoms with Crippen LogP contribution >= 0.6 is 0 Å². The average molecular weight is 617 g/mol. The molecule has 2 heterocycles. The number of rotatable bonds is 11. The second kappa shape index (κ2) is 13.5. The highest BCUT2D eigenvalue weighted by atomic mass is 19.1. The molecule has 230 valence electrons. The monoisotopic (exact) mass is 616 g/mol. The summed E-state index contributed by atoms with van der Waals surface area (Å²) >= 11 is 0. The molecule has 0 aliphatic rings. The first-order chi connectivity index (χ1) is 21.8. The number of methoxy groups -OCH3 is 3. The quantitative estimate of drug-likeness (QED) is 0.166. The number of imidazole rings is 1. The van der Waals surface area contributed by atoms with Gasteiger partial charge in [-0.3, -0.25) is 0 Å². The SMILES string of the molecule is COCCn1c(Cc2cc(F)c(-c3ccc(OC)c(OCc4ccc(C#N)cc4F)n3)cc2F)nc2ccc(C(=O)OC)cc21. The molecule has 5 aromatic rings. The van der Waals surface area contributed by atoms with Crippen LogP contribution in [0.25, 0.3) is 22.3 Å². The van der Waals surface area contributed by atoms with E-state index in [0.717, 1.165) is 18.2 Å². The molecule has 0 fully saturated rings. The van der Waals surface area contributed by atoms with Crippen molar-refractivity contribution in [3.8, 4) is 29.0 Å². The van der Waals surface area contributed by atoms with Crippen LogP contribution in [0.2, 0.25) is 0 Å². The lowest BCUT2D eigenvalue weighted by atomic mass is 10.0. The number of nitrogens with zero attached hydrogens (tertiary/aromatic N) is 4. The van der Waals surface area contributed by atoms with Crippen molar-refractivity contribution in [1.29, 1.82) is 5.26 Å². The number of carbonyl (C=O) groups is 1. The molecular weight excluding hydrogens is 589 g/mol. The van der Waals surface area contributed by atoms with Gasteiger partial charge < -0.3 is 23.5 Å². The Morgan fingerprint density at radius 1 is 0.911 bits per heavy atom. The van der Waals surface area contributed by atoms with Gasteiger partial charge in [0.25, 0.3) is 5.88 Å². The standard InChI is InChI=1S/C33H27F3N4O5/c1-42-11-10-40-29-14-20(33(41)44-3)6-7-28(29)38-31(40)15-22-13-26(36)23(16-25(22)35)27-8-9-30(43-2)32(39-27)45-18-21-5-4-19(17-37)12-24(21)34/h4-9,12-14,16H,10-11,15,18H2,1-3H3. The zero-order valence-electron chi connectivity index (χ0n) is 24.6. The lowest BCUT2D eigenvalue weighted by Gasteiger charge is -2.13. The van der Waals surface area contributed by atoms with Crippen LogP contribution in [0, 0.1) is 28.8 Å². The topological polar surface area (TPSA) is 108 Å². The summed E-state index contributed by atoms with van der Waals surface area (Å²) in [4.78, 5) is 21.0. The number of hydrogen-bond acceptors (Lipinski definition) is 8. The van der Waals surface area contributed by atoms with Crippen molar-refractivity contribution in [2.45, 2.75) is 19.6 Å². The predicted octanol–water partition coefficient (Wildman–Crippen LogP) is 6.00. The normalized spacial score (nSPS) is 11.0. The van der Waals surface area contributed by atoms with Crippen LogP contribution in [-0.4, -0.2) is 48.4 Å². The fraction of sp³-hybridized carbons (Fsp3) is 0.212.